The van der Waals surface area contributed by atoms with Gasteiger partial charge in [0.15, 0.2) is 0 Å². The van der Waals surface area contributed by atoms with Crippen molar-refractivity contribution in [2.24, 2.45) is 5.73 Å². The summed E-state index contributed by atoms with van der Waals surface area (Å²) in [6.07, 6.45) is 6.59. The van der Waals surface area contributed by atoms with E-state index in [1.165, 1.54) is 44.5 Å². The number of halogens is 3. The number of piperidine rings is 2. The predicted molar refractivity (Wildman–Crippen MR) is 135 cm³/mol. The van der Waals surface area contributed by atoms with Crippen LogP contribution in [0.4, 0.5) is 4.39 Å². The van der Waals surface area contributed by atoms with Crippen molar-refractivity contribution in [2.75, 3.05) is 32.7 Å². The lowest BCUT2D eigenvalue weighted by atomic mass is 9.99. The van der Waals surface area contributed by atoms with E-state index in [9.17, 15) is 9.18 Å². The Morgan fingerprint density at radius 3 is 2.21 bits per heavy atom. The van der Waals surface area contributed by atoms with Crippen LogP contribution in [-0.4, -0.2) is 54.5 Å². The van der Waals surface area contributed by atoms with Crippen LogP contribution in [0.1, 0.15) is 48.0 Å². The van der Waals surface area contributed by atoms with Crippen molar-refractivity contribution in [1.29, 1.82) is 0 Å². The maximum absolute atomic E-state index is 14.5. The van der Waals surface area contributed by atoms with Gasteiger partial charge in [-0.05, 0) is 87.6 Å². The topological polar surface area (TPSA) is 58.8 Å². The molecule has 0 atom stereocenters. The monoisotopic (exact) mass is 497 g/mol. The minimum Gasteiger partial charge on any atom is -0.457 e. The third-order valence-electron chi connectivity index (χ3n) is 6.42. The van der Waals surface area contributed by atoms with Crippen LogP contribution in [0.25, 0.3) is 0 Å². The van der Waals surface area contributed by atoms with E-state index < -0.39 is 5.82 Å². The summed E-state index contributed by atoms with van der Waals surface area (Å²) < 4.78 is 20.4. The Bertz CT molecular complexity index is 884. The molecule has 0 bridgehead atoms. The number of benzene rings is 2. The van der Waals surface area contributed by atoms with E-state index >= 15 is 0 Å². The van der Waals surface area contributed by atoms with E-state index in [2.05, 4.69) is 4.90 Å². The highest BCUT2D eigenvalue weighted by Crippen LogP contribution is 2.27. The molecule has 5 nitrogen and oxygen atoms in total. The van der Waals surface area contributed by atoms with Gasteiger partial charge in [-0.1, -0.05) is 18.6 Å². The minimum absolute atomic E-state index is 0. The van der Waals surface area contributed by atoms with Crippen molar-refractivity contribution >= 4 is 30.7 Å². The third-order valence-corrected chi connectivity index (χ3v) is 6.42. The molecule has 0 saturated carbocycles. The molecule has 2 saturated heterocycles. The zero-order valence-electron chi connectivity index (χ0n) is 18.9. The Kier molecular flexibility index (Phi) is 10.9. The predicted octanol–water partition coefficient (Wildman–Crippen LogP) is 5.05. The zero-order valence-corrected chi connectivity index (χ0v) is 20.5. The van der Waals surface area contributed by atoms with Crippen molar-refractivity contribution in [3.63, 3.8) is 0 Å². The van der Waals surface area contributed by atoms with Crippen LogP contribution in [-0.2, 0) is 6.42 Å². The summed E-state index contributed by atoms with van der Waals surface area (Å²) in [4.78, 5) is 17.4. The second kappa shape index (κ2) is 13.1. The summed E-state index contributed by atoms with van der Waals surface area (Å²) in [6.45, 7) is 4.28. The lowest BCUT2D eigenvalue weighted by Crippen LogP contribution is -2.48. The normalized spacial score (nSPS) is 17.1. The smallest absolute Gasteiger partial charge is 0.256 e. The van der Waals surface area contributed by atoms with E-state index in [4.69, 9.17) is 10.5 Å². The Labute approximate surface area is 208 Å². The molecule has 0 spiro atoms. The quantitative estimate of drug-likeness (QED) is 0.606. The molecule has 0 radical (unpaired) electrons. The molecular formula is C25H34Cl2FN3O2. The highest BCUT2D eigenvalue weighted by molar-refractivity contribution is 5.95. The van der Waals surface area contributed by atoms with E-state index in [0.717, 1.165) is 24.8 Å². The van der Waals surface area contributed by atoms with Gasteiger partial charge in [0.05, 0.1) is 5.56 Å². The summed E-state index contributed by atoms with van der Waals surface area (Å²) in [5, 5.41) is 0. The first-order valence-electron chi connectivity index (χ1n) is 11.4. The standard InChI is InChI=1S/C25H32FN3O2.2ClH/c26-24-9-8-22(31-21-6-4-19(5-7-21)10-13-27)18-23(24)25(30)29-16-11-20(12-17-29)28-14-2-1-3-15-28;;/h4-9,18,20H,1-3,10-17,27H2;2*1H. The average molecular weight is 498 g/mol. The van der Waals surface area contributed by atoms with Crippen molar-refractivity contribution in [2.45, 2.75) is 44.6 Å². The molecule has 4 rings (SSSR count). The molecule has 8 heteroatoms. The molecule has 182 valence electrons. The third kappa shape index (κ3) is 7.06. The Balaban J connectivity index is 0.00000193. The van der Waals surface area contributed by atoms with Gasteiger partial charge in [0.25, 0.3) is 5.91 Å². The van der Waals surface area contributed by atoms with Crippen molar-refractivity contribution in [3.8, 4) is 11.5 Å². The highest BCUT2D eigenvalue weighted by atomic mass is 35.5. The molecule has 2 aromatic rings. The molecule has 0 aliphatic carbocycles. The van der Waals surface area contributed by atoms with Gasteiger partial charge in [-0.15, -0.1) is 24.8 Å². The Morgan fingerprint density at radius 2 is 1.58 bits per heavy atom. The maximum Gasteiger partial charge on any atom is 0.256 e. The fourth-order valence-corrected chi connectivity index (χ4v) is 4.65. The summed E-state index contributed by atoms with van der Waals surface area (Å²) in [5.41, 5.74) is 6.80. The van der Waals surface area contributed by atoms with Crippen LogP contribution in [0.3, 0.4) is 0 Å². The Morgan fingerprint density at radius 1 is 0.939 bits per heavy atom. The van der Waals surface area contributed by atoms with E-state index in [0.29, 0.717) is 37.2 Å². The number of carbonyl (C=O) groups is 1. The number of ether oxygens (including phenoxy) is 1. The van der Waals surface area contributed by atoms with Crippen molar-refractivity contribution in [1.82, 2.24) is 9.80 Å². The van der Waals surface area contributed by atoms with Crippen LogP contribution < -0.4 is 10.5 Å². The molecule has 2 aromatic carbocycles. The zero-order chi connectivity index (χ0) is 21.6. The fourth-order valence-electron chi connectivity index (χ4n) is 4.65. The van der Waals surface area contributed by atoms with Crippen molar-refractivity contribution in [3.05, 3.63) is 59.4 Å². The maximum atomic E-state index is 14.5. The van der Waals surface area contributed by atoms with Gasteiger partial charge in [-0.2, -0.15) is 0 Å². The van der Waals surface area contributed by atoms with Gasteiger partial charge >= 0.3 is 0 Å². The van der Waals surface area contributed by atoms with Gasteiger partial charge in [-0.3, -0.25) is 4.79 Å². The minimum atomic E-state index is -0.506. The first-order valence-corrected chi connectivity index (χ1v) is 11.4. The first kappa shape index (κ1) is 27.4. The summed E-state index contributed by atoms with van der Waals surface area (Å²) in [7, 11) is 0. The van der Waals surface area contributed by atoms with Gasteiger partial charge in [0.1, 0.15) is 17.3 Å². The number of hydrogen-bond acceptors (Lipinski definition) is 4. The lowest BCUT2D eigenvalue weighted by molar-refractivity contribution is 0.0585. The fraction of sp³-hybridized carbons (Fsp3) is 0.480. The van der Waals surface area contributed by atoms with Crippen LogP contribution in [0, 0.1) is 5.82 Å². The number of hydrogen-bond donors (Lipinski definition) is 1. The molecule has 2 aliphatic rings. The van der Waals surface area contributed by atoms with Gasteiger partial charge in [0.2, 0.25) is 0 Å². The highest BCUT2D eigenvalue weighted by Gasteiger charge is 2.29. The molecule has 33 heavy (non-hydrogen) atoms. The second-order valence-electron chi connectivity index (χ2n) is 8.55. The van der Waals surface area contributed by atoms with Crippen LogP contribution >= 0.6 is 24.8 Å². The first-order chi connectivity index (χ1) is 15.1. The molecular weight excluding hydrogens is 464 g/mol. The summed E-state index contributed by atoms with van der Waals surface area (Å²) in [5.74, 6) is 0.347. The van der Waals surface area contributed by atoms with Gasteiger partial charge in [-0.25, -0.2) is 4.39 Å². The number of nitrogens with zero attached hydrogens (tertiary/aromatic N) is 2. The molecule has 0 aromatic heterocycles. The number of rotatable bonds is 6. The second-order valence-corrected chi connectivity index (χ2v) is 8.55. The SMILES string of the molecule is Cl.Cl.NCCc1ccc(Oc2ccc(F)c(C(=O)N3CCC(N4CCCCC4)CC3)c2)cc1. The average Bonchev–Trinajstić information content (AvgIpc) is 2.82. The van der Waals surface area contributed by atoms with Crippen LogP contribution in [0.5, 0.6) is 11.5 Å². The summed E-state index contributed by atoms with van der Waals surface area (Å²) in [6, 6.07) is 12.6. The number of nitrogens with two attached hydrogens (primary N) is 1. The molecule has 2 heterocycles. The van der Waals surface area contributed by atoms with Gasteiger partial charge < -0.3 is 20.3 Å². The van der Waals surface area contributed by atoms with E-state index in [-0.39, 0.29) is 36.3 Å². The van der Waals surface area contributed by atoms with E-state index in [1.807, 2.05) is 24.3 Å². The molecule has 2 fully saturated rings. The molecule has 2 aliphatic heterocycles. The lowest BCUT2D eigenvalue weighted by Gasteiger charge is -2.40. The molecule has 1 amide bonds. The van der Waals surface area contributed by atoms with Crippen molar-refractivity contribution < 1.29 is 13.9 Å². The molecule has 2 N–H and O–H groups in total. The van der Waals surface area contributed by atoms with E-state index in [1.54, 1.807) is 11.0 Å². The number of carbonyl (C=O) groups excluding carboxylic acids is 1. The van der Waals surface area contributed by atoms with Crippen LogP contribution in [0.2, 0.25) is 0 Å². The van der Waals surface area contributed by atoms with Gasteiger partial charge in [0, 0.05) is 19.1 Å². The molecule has 0 unspecified atom stereocenters. The number of likely N-dealkylation sites (tertiary alicyclic amines) is 2. The Hall–Kier alpha value is -1.86. The van der Waals surface area contributed by atoms with Crippen LogP contribution in [0.15, 0.2) is 42.5 Å². The summed E-state index contributed by atoms with van der Waals surface area (Å²) >= 11 is 0. The number of amides is 1. The largest absolute Gasteiger partial charge is 0.457 e.